The molecule has 0 radical (unpaired) electrons. The number of esters is 1. The number of rotatable bonds is 16. The first-order valence-corrected chi connectivity index (χ1v) is 25.3. The summed E-state index contributed by atoms with van der Waals surface area (Å²) in [4.78, 5) is 41.8. The average Bonchev–Trinajstić information content (AvgIpc) is 3.31. The third-order valence-electron chi connectivity index (χ3n) is 14.7. The molecular formula is C53H82FNO17. The number of nitrogens with zero attached hydrogens (tertiary/aromatic N) is 1. The van der Waals surface area contributed by atoms with Crippen molar-refractivity contribution in [1.82, 2.24) is 4.90 Å². The van der Waals surface area contributed by atoms with Gasteiger partial charge in [0.1, 0.15) is 54.8 Å². The fourth-order valence-electron chi connectivity index (χ4n) is 10.6. The maximum atomic E-state index is 13.9. The van der Waals surface area contributed by atoms with E-state index in [1.54, 1.807) is 78.7 Å². The molecule has 3 fully saturated rings. The molecule has 4 aliphatic rings. The van der Waals surface area contributed by atoms with Crippen molar-refractivity contribution in [3.8, 4) is 0 Å². The van der Waals surface area contributed by atoms with Crippen molar-refractivity contribution in [3.63, 3.8) is 0 Å². The molecule has 4 heterocycles. The molecule has 0 aliphatic carbocycles. The molecule has 19 heteroatoms. The van der Waals surface area contributed by atoms with Crippen LogP contribution in [0.5, 0.6) is 0 Å². The van der Waals surface area contributed by atoms with Crippen LogP contribution in [0, 0.1) is 29.5 Å². The number of ether oxygens (including phenoxy) is 10. The van der Waals surface area contributed by atoms with Gasteiger partial charge < -0.3 is 77.5 Å². The summed E-state index contributed by atoms with van der Waals surface area (Å²) in [6, 6.07) is 5.12. The van der Waals surface area contributed by atoms with Crippen LogP contribution >= 0.6 is 0 Å². The average molecular weight is 1020 g/mol. The van der Waals surface area contributed by atoms with Crippen molar-refractivity contribution in [2.45, 2.75) is 198 Å². The number of ketones is 1. The summed E-state index contributed by atoms with van der Waals surface area (Å²) in [7, 11) is 6.45. The highest BCUT2D eigenvalue weighted by Gasteiger charge is 2.52. The van der Waals surface area contributed by atoms with Gasteiger partial charge in [-0.05, 0) is 91.2 Å². The number of aliphatic hydroxyl groups excluding tert-OH is 3. The third-order valence-corrected chi connectivity index (χ3v) is 14.7. The molecule has 4 aliphatic heterocycles. The van der Waals surface area contributed by atoms with Crippen molar-refractivity contribution < 1.29 is 86.6 Å². The Balaban J connectivity index is 1.35. The summed E-state index contributed by atoms with van der Waals surface area (Å²) in [5.41, 5.74) is -0.00220. The third kappa shape index (κ3) is 15.3. The zero-order chi connectivity index (χ0) is 53.2. The second kappa shape index (κ2) is 27.1. The van der Waals surface area contributed by atoms with Gasteiger partial charge in [0.05, 0.1) is 61.8 Å². The smallest absolute Gasteiger partial charge is 0.308 e. The summed E-state index contributed by atoms with van der Waals surface area (Å²) in [5, 5.41) is 46.4. The number of aldehydes is 1. The van der Waals surface area contributed by atoms with Crippen molar-refractivity contribution in [2.75, 3.05) is 34.9 Å². The molecule has 0 bridgehead atoms. The maximum absolute atomic E-state index is 13.9. The number of cyclic esters (lactones) is 1. The van der Waals surface area contributed by atoms with Crippen molar-refractivity contribution >= 4 is 18.0 Å². The summed E-state index contributed by atoms with van der Waals surface area (Å²) in [6.07, 6.45) is -8.17. The first-order valence-electron chi connectivity index (χ1n) is 25.3. The van der Waals surface area contributed by atoms with Crippen LogP contribution in [0.2, 0.25) is 0 Å². The number of benzene rings is 1. The number of hydrogen-bond donors (Lipinski definition) is 4. The lowest BCUT2D eigenvalue weighted by Gasteiger charge is -2.50. The molecule has 1 aromatic carbocycles. The van der Waals surface area contributed by atoms with Gasteiger partial charge in [-0.1, -0.05) is 50.6 Å². The van der Waals surface area contributed by atoms with E-state index in [9.17, 15) is 39.2 Å². The normalized spacial score (nSPS) is 42.1. The van der Waals surface area contributed by atoms with E-state index < -0.39 is 140 Å². The Bertz CT molecular complexity index is 1940. The number of carbonyl (C=O) groups is 3. The number of hydrogen-bond acceptors (Lipinski definition) is 18. The lowest BCUT2D eigenvalue weighted by atomic mass is 9.79. The van der Waals surface area contributed by atoms with Crippen molar-refractivity contribution in [1.29, 1.82) is 0 Å². The Kier molecular flexibility index (Phi) is 22.5. The minimum absolute atomic E-state index is 0.0120. The van der Waals surface area contributed by atoms with Crippen LogP contribution in [-0.4, -0.2) is 182 Å². The van der Waals surface area contributed by atoms with Crippen LogP contribution in [0.1, 0.15) is 93.1 Å². The second-order valence-electron chi connectivity index (χ2n) is 20.7. The van der Waals surface area contributed by atoms with E-state index in [0.29, 0.717) is 12.0 Å². The molecule has 4 N–H and O–H groups in total. The first kappa shape index (κ1) is 59.8. The molecular weight excluding hydrogens is 942 g/mol. The predicted octanol–water partition coefficient (Wildman–Crippen LogP) is 4.20. The number of aliphatic hydroxyl groups is 4. The van der Waals surface area contributed by atoms with Gasteiger partial charge in [-0.15, -0.1) is 0 Å². The molecule has 18 nitrogen and oxygen atoms in total. The van der Waals surface area contributed by atoms with E-state index in [1.807, 2.05) is 19.9 Å². The van der Waals surface area contributed by atoms with Crippen molar-refractivity contribution in [2.24, 2.45) is 23.7 Å². The van der Waals surface area contributed by atoms with Crippen LogP contribution in [-0.2, 0) is 68.4 Å². The minimum atomic E-state index is -1.41. The molecule has 0 aromatic heterocycles. The zero-order valence-electron chi connectivity index (χ0n) is 44.0. The molecule has 0 amide bonds. The highest BCUT2D eigenvalue weighted by molar-refractivity contribution is 5.91. The highest BCUT2D eigenvalue weighted by Crippen LogP contribution is 2.38. The standard InChI is InChI=1S/C53H82FNO17/c1-13-40-36(27-66-52-49(64-12)48(63-11)44(60)31(5)68-52)22-28(2)14-19-38(57)29(3)23-35(20-21-56)46(30(4)39(58)24-41(59)70-40)72-51-45(61)43(55(9)10)47(32(6)69-51)71-42-25-53(8,62)50(33(7)67-42)65-26-34-15-17-37(54)18-16-34/h14-19,21-22,29-33,35-36,39-40,42-52,58,60-62H,13,20,23-27H2,1-12H3/b19-14+,28-22+/t29-,30+,31-,32-,33+,35?,36-,39-,40-,42+,43-,44-,45-,46-,47-,48-,49-,50+,51+,52-,53-/m1/s1. The SMILES string of the molecule is CC[C@H]1OC(=O)C[C@@H](O)[C@H](C)[C@@H](O[C@@H]2O[C@H](C)[C@@H](O[C@H]3C[C@@](C)(O)[C@@H](OCc4ccc(F)cc4)[C@H](C)O3)[C@H](N(C)C)[C@H]2O)C(CC=O)C[C@@H](C)C(=O)/C=C/C(C)=C/[C@@H]1CO[C@@H]1O[C@H](C)[C@@H](O)[C@@H](OC)[C@H]1OC. The fraction of sp³-hybridized carbons (Fsp3) is 0.755. The lowest BCUT2D eigenvalue weighted by molar-refractivity contribution is -0.344. The summed E-state index contributed by atoms with van der Waals surface area (Å²) < 4.78 is 75.1. The second-order valence-corrected chi connectivity index (χ2v) is 20.7. The Morgan fingerprint density at radius 3 is 2.12 bits per heavy atom. The number of carbonyl (C=O) groups excluding carboxylic acids is 3. The lowest BCUT2D eigenvalue weighted by Crippen LogP contribution is -2.65. The Morgan fingerprint density at radius 2 is 1.51 bits per heavy atom. The largest absolute Gasteiger partial charge is 0.462 e. The van der Waals surface area contributed by atoms with E-state index >= 15 is 0 Å². The maximum Gasteiger partial charge on any atom is 0.308 e. The molecule has 21 atom stereocenters. The van der Waals surface area contributed by atoms with Gasteiger partial charge in [0.15, 0.2) is 24.7 Å². The molecule has 72 heavy (non-hydrogen) atoms. The van der Waals surface area contributed by atoms with E-state index in [4.69, 9.17) is 47.4 Å². The number of halogens is 1. The molecule has 0 saturated carbocycles. The van der Waals surface area contributed by atoms with Gasteiger partial charge in [0.25, 0.3) is 0 Å². The molecule has 1 aromatic rings. The van der Waals surface area contributed by atoms with Crippen LogP contribution in [0.4, 0.5) is 4.39 Å². The zero-order valence-corrected chi connectivity index (χ0v) is 44.0. The molecule has 5 rings (SSSR count). The van der Waals surface area contributed by atoms with E-state index in [-0.39, 0.29) is 44.1 Å². The quantitative estimate of drug-likeness (QED) is 0.134. The predicted molar refractivity (Wildman–Crippen MR) is 259 cm³/mol. The first-order chi connectivity index (χ1) is 34.0. The van der Waals surface area contributed by atoms with Gasteiger partial charge in [0, 0.05) is 44.8 Å². The van der Waals surface area contributed by atoms with Gasteiger partial charge in [-0.25, -0.2) is 4.39 Å². The summed E-state index contributed by atoms with van der Waals surface area (Å²) >= 11 is 0. The highest BCUT2D eigenvalue weighted by atomic mass is 19.1. The number of allylic oxidation sites excluding steroid dienone is 3. The van der Waals surface area contributed by atoms with E-state index in [2.05, 4.69) is 0 Å². The van der Waals surface area contributed by atoms with Gasteiger partial charge in [-0.3, -0.25) is 9.59 Å². The monoisotopic (exact) mass is 1020 g/mol. The van der Waals surface area contributed by atoms with Crippen LogP contribution in [0.3, 0.4) is 0 Å². The molecule has 408 valence electrons. The van der Waals surface area contributed by atoms with Gasteiger partial charge in [0.2, 0.25) is 0 Å². The van der Waals surface area contributed by atoms with Crippen LogP contribution in [0.25, 0.3) is 0 Å². The van der Waals surface area contributed by atoms with Crippen molar-refractivity contribution in [3.05, 3.63) is 59.4 Å². The Morgan fingerprint density at radius 1 is 0.847 bits per heavy atom. The number of methoxy groups -OCH3 is 2. The molecule has 3 saturated heterocycles. The van der Waals surface area contributed by atoms with E-state index in [1.165, 1.54) is 32.4 Å². The fourth-order valence-corrected chi connectivity index (χ4v) is 10.6. The van der Waals surface area contributed by atoms with Gasteiger partial charge >= 0.3 is 5.97 Å². The van der Waals surface area contributed by atoms with Gasteiger partial charge in [-0.2, -0.15) is 0 Å². The van der Waals surface area contributed by atoms with E-state index in [0.717, 1.165) is 11.8 Å². The topological polar surface area (TPSA) is 228 Å². The Labute approximate surface area is 424 Å². The number of likely N-dealkylation sites (N-methyl/N-ethyl adjacent to an activating group) is 1. The Hall–Kier alpha value is -3.12. The van der Waals surface area contributed by atoms with Crippen LogP contribution < -0.4 is 0 Å². The summed E-state index contributed by atoms with van der Waals surface area (Å²) in [5.74, 6) is -4.03. The molecule has 0 spiro atoms. The van der Waals surface area contributed by atoms with Crippen LogP contribution in [0.15, 0.2) is 48.1 Å². The minimum Gasteiger partial charge on any atom is -0.462 e. The summed E-state index contributed by atoms with van der Waals surface area (Å²) in [6.45, 7) is 14.0. The molecule has 1 unspecified atom stereocenters.